The van der Waals surface area contributed by atoms with Gasteiger partial charge in [0.1, 0.15) is 12.1 Å². The molecule has 0 bridgehead atoms. The van der Waals surface area contributed by atoms with E-state index in [2.05, 4.69) is 20.9 Å². The Bertz CT molecular complexity index is 1160. The molecule has 0 aliphatic carbocycles. The lowest BCUT2D eigenvalue weighted by Gasteiger charge is -2.31. The summed E-state index contributed by atoms with van der Waals surface area (Å²) in [5.74, 6) is -6.15. The molecule has 1 rings (SSSR count). The molecule has 0 radical (unpaired) electrons. The second kappa shape index (κ2) is 20.7. The van der Waals surface area contributed by atoms with E-state index in [9.17, 15) is 39.3 Å². The first-order valence-electron chi connectivity index (χ1n) is 15.5. The highest BCUT2D eigenvalue weighted by Gasteiger charge is 2.34. The topological polar surface area (TPSA) is 273 Å². The predicted octanol–water partition coefficient (Wildman–Crippen LogP) is -0.163. The van der Waals surface area contributed by atoms with Crippen molar-refractivity contribution in [3.05, 3.63) is 35.9 Å². The molecule has 0 heterocycles. The van der Waals surface area contributed by atoms with Gasteiger partial charge in [0.2, 0.25) is 17.7 Å². The number of carboxylic acid groups (broad SMARTS) is 2. The minimum absolute atomic E-state index is 0.0870. The number of amides is 3. The van der Waals surface area contributed by atoms with Crippen LogP contribution in [0.2, 0.25) is 0 Å². The largest absolute Gasteiger partial charge is 0.481 e. The maximum absolute atomic E-state index is 13.4. The Hall–Kier alpha value is -4.24. The van der Waals surface area contributed by atoms with Crippen LogP contribution < -0.4 is 33.2 Å². The number of nitrogens with two attached hydrogens (primary N) is 3. The van der Waals surface area contributed by atoms with E-state index in [0.29, 0.717) is 19.3 Å². The predicted molar refractivity (Wildman–Crippen MR) is 172 cm³/mol. The van der Waals surface area contributed by atoms with Gasteiger partial charge in [-0.1, -0.05) is 63.9 Å². The summed E-state index contributed by atoms with van der Waals surface area (Å²) in [5.41, 5.74) is 17.3. The number of aliphatic imine (C=N–C) groups is 1. The number of aliphatic hydroxyl groups is 1. The average Bonchev–Trinajstić information content (AvgIpc) is 2.98. The molecule has 0 spiro atoms. The molecule has 3 amide bonds. The van der Waals surface area contributed by atoms with Gasteiger partial charge in [-0.05, 0) is 43.6 Å². The van der Waals surface area contributed by atoms with Gasteiger partial charge in [0.15, 0.2) is 5.96 Å². The first-order valence-corrected chi connectivity index (χ1v) is 15.5. The summed E-state index contributed by atoms with van der Waals surface area (Å²) in [7, 11) is 0. The van der Waals surface area contributed by atoms with E-state index >= 15 is 0 Å². The molecule has 6 atom stereocenters. The van der Waals surface area contributed by atoms with Crippen molar-refractivity contribution in [1.29, 1.82) is 0 Å². The first-order chi connectivity index (χ1) is 21.7. The van der Waals surface area contributed by atoms with Crippen molar-refractivity contribution in [1.82, 2.24) is 16.0 Å². The van der Waals surface area contributed by atoms with Crippen LogP contribution >= 0.6 is 0 Å². The van der Waals surface area contributed by atoms with Gasteiger partial charge in [0, 0.05) is 6.54 Å². The zero-order valence-electron chi connectivity index (χ0n) is 26.9. The summed E-state index contributed by atoms with van der Waals surface area (Å²) >= 11 is 0. The standard InChI is InChI=1S/C31H51N7O8/c1-4-5-13-22(36-27(42)21(32)12-9-14-35-31(33)34)28(43)37-23(17-25(40)41)29(44)38-26(18(2)3)24(39)16-20(30(45)46)15-19-10-7-6-8-11-19/h6-8,10-11,18,20-24,26,39H,4-5,9,12-17,32H2,1-3H3,(H,36,42)(H,37,43)(H,38,44)(H,40,41)(H,45,46)(H4,33,34,35)/t20-,21-,22-,23-,24?,26-/m0/s1. The number of carbonyl (C=O) groups is 5. The number of carboxylic acids is 2. The maximum Gasteiger partial charge on any atom is 0.306 e. The fraction of sp³-hybridized carbons (Fsp3) is 0.613. The molecular formula is C31H51N7O8. The Morgan fingerprint density at radius 3 is 2.02 bits per heavy atom. The Labute approximate surface area is 269 Å². The molecule has 0 saturated heterocycles. The Balaban J connectivity index is 3.03. The van der Waals surface area contributed by atoms with Crippen LogP contribution in [-0.2, 0) is 30.4 Å². The number of hydrogen-bond acceptors (Lipinski definition) is 8. The molecule has 0 saturated carbocycles. The molecule has 1 aromatic carbocycles. The molecule has 0 fully saturated rings. The van der Waals surface area contributed by atoms with Gasteiger partial charge in [-0.3, -0.25) is 29.0 Å². The lowest BCUT2D eigenvalue weighted by Crippen LogP contribution is -2.58. The molecule has 1 unspecified atom stereocenters. The Morgan fingerprint density at radius 2 is 1.48 bits per heavy atom. The van der Waals surface area contributed by atoms with Gasteiger partial charge >= 0.3 is 11.9 Å². The normalized spacial score (nSPS) is 15.0. The highest BCUT2D eigenvalue weighted by molar-refractivity contribution is 5.94. The number of nitrogens with zero attached hydrogens (tertiary/aromatic N) is 1. The average molecular weight is 650 g/mol. The van der Waals surface area contributed by atoms with Gasteiger partial charge < -0.3 is 48.5 Å². The molecular weight excluding hydrogens is 598 g/mol. The maximum atomic E-state index is 13.4. The zero-order valence-corrected chi connectivity index (χ0v) is 26.9. The van der Waals surface area contributed by atoms with E-state index < -0.39 is 72.3 Å². The highest BCUT2D eigenvalue weighted by Crippen LogP contribution is 2.20. The number of benzene rings is 1. The van der Waals surface area contributed by atoms with Crippen molar-refractivity contribution in [2.75, 3.05) is 6.54 Å². The van der Waals surface area contributed by atoms with E-state index in [1.165, 1.54) is 0 Å². The smallest absolute Gasteiger partial charge is 0.306 e. The van der Waals surface area contributed by atoms with E-state index in [1.54, 1.807) is 44.2 Å². The van der Waals surface area contributed by atoms with Crippen LogP contribution in [0.4, 0.5) is 0 Å². The van der Waals surface area contributed by atoms with Gasteiger partial charge in [-0.2, -0.15) is 0 Å². The van der Waals surface area contributed by atoms with Gasteiger partial charge in [0.25, 0.3) is 0 Å². The van der Waals surface area contributed by atoms with Gasteiger partial charge in [0.05, 0.1) is 30.5 Å². The van der Waals surface area contributed by atoms with E-state index in [-0.39, 0.29) is 44.1 Å². The molecule has 15 nitrogen and oxygen atoms in total. The lowest BCUT2D eigenvalue weighted by atomic mass is 9.87. The fourth-order valence-corrected chi connectivity index (χ4v) is 4.84. The van der Waals surface area contributed by atoms with Crippen LogP contribution in [0.3, 0.4) is 0 Å². The van der Waals surface area contributed by atoms with Crippen molar-refractivity contribution in [2.24, 2.45) is 34.0 Å². The molecule has 15 heteroatoms. The van der Waals surface area contributed by atoms with Crippen molar-refractivity contribution < 1.29 is 39.3 Å². The number of nitrogens with one attached hydrogen (secondary N) is 3. The van der Waals surface area contributed by atoms with Crippen LogP contribution in [0.25, 0.3) is 0 Å². The van der Waals surface area contributed by atoms with E-state index in [0.717, 1.165) is 5.56 Å². The molecule has 0 aliphatic rings. The SMILES string of the molecule is CCCC[C@H](NC(=O)[C@@H](N)CCCN=C(N)N)C(=O)N[C@@H](CC(=O)O)C(=O)N[C@@H](C(C)C)C(O)C[C@H](Cc1ccccc1)C(=O)O. The van der Waals surface area contributed by atoms with E-state index in [1.807, 2.05) is 6.92 Å². The molecule has 1 aromatic rings. The Kier molecular flexibility index (Phi) is 17.9. The van der Waals surface area contributed by atoms with Gasteiger partial charge in [-0.25, -0.2) is 0 Å². The van der Waals surface area contributed by atoms with Crippen LogP contribution in [0, 0.1) is 11.8 Å². The minimum atomic E-state index is -1.55. The highest BCUT2D eigenvalue weighted by atomic mass is 16.4. The third kappa shape index (κ3) is 15.2. The van der Waals surface area contributed by atoms with Crippen LogP contribution in [-0.4, -0.2) is 87.8 Å². The van der Waals surface area contributed by atoms with Crippen molar-refractivity contribution >= 4 is 35.6 Å². The summed E-state index contributed by atoms with van der Waals surface area (Å²) in [5, 5.41) is 38.0. The third-order valence-corrected chi connectivity index (χ3v) is 7.44. The molecule has 46 heavy (non-hydrogen) atoms. The van der Waals surface area contributed by atoms with Crippen LogP contribution in [0.15, 0.2) is 35.3 Å². The summed E-state index contributed by atoms with van der Waals surface area (Å²) in [6.45, 7) is 5.58. The minimum Gasteiger partial charge on any atom is -0.481 e. The van der Waals surface area contributed by atoms with E-state index in [4.69, 9.17) is 17.2 Å². The molecule has 0 aromatic heterocycles. The van der Waals surface area contributed by atoms with Gasteiger partial charge in [-0.15, -0.1) is 0 Å². The monoisotopic (exact) mass is 649 g/mol. The number of aliphatic carboxylic acids is 2. The molecule has 258 valence electrons. The number of carbonyl (C=O) groups excluding carboxylic acids is 3. The number of rotatable bonds is 22. The number of aliphatic hydroxyl groups excluding tert-OH is 1. The number of unbranched alkanes of at least 4 members (excludes halogenated alkanes) is 1. The summed E-state index contributed by atoms with van der Waals surface area (Å²) < 4.78 is 0. The second-order valence-corrected chi connectivity index (χ2v) is 11.7. The lowest BCUT2D eigenvalue weighted by molar-refractivity contribution is -0.144. The van der Waals surface area contributed by atoms with Crippen molar-refractivity contribution in [2.45, 2.75) is 102 Å². The number of guanidine groups is 1. The van der Waals surface area contributed by atoms with Crippen LogP contribution in [0.1, 0.15) is 71.3 Å². The van der Waals surface area contributed by atoms with Crippen molar-refractivity contribution in [3.63, 3.8) is 0 Å². The second-order valence-electron chi connectivity index (χ2n) is 11.7. The van der Waals surface area contributed by atoms with Crippen LogP contribution in [0.5, 0.6) is 0 Å². The summed E-state index contributed by atoms with van der Waals surface area (Å²) in [6.07, 6.45) is 0.0188. The summed E-state index contributed by atoms with van der Waals surface area (Å²) in [6, 6.07) is 4.36. The quantitative estimate of drug-likeness (QED) is 0.0452. The van der Waals surface area contributed by atoms with Crippen molar-refractivity contribution in [3.8, 4) is 0 Å². The molecule has 0 aliphatic heterocycles. The fourth-order valence-electron chi connectivity index (χ4n) is 4.84. The summed E-state index contributed by atoms with van der Waals surface area (Å²) in [4.78, 5) is 66.9. The first kappa shape index (κ1) is 39.8. The zero-order chi connectivity index (χ0) is 34.8. The third-order valence-electron chi connectivity index (χ3n) is 7.44. The Morgan fingerprint density at radius 1 is 0.870 bits per heavy atom. The number of hydrogen-bond donors (Lipinski definition) is 9. The molecule has 12 N–H and O–H groups in total.